The molecule has 2 aliphatic rings. The van der Waals surface area contributed by atoms with Crippen LogP contribution in [0.1, 0.15) is 26.7 Å². The van der Waals surface area contributed by atoms with Crippen LogP contribution in [-0.2, 0) is 16.7 Å². The van der Waals surface area contributed by atoms with Crippen LogP contribution in [0.3, 0.4) is 0 Å². The van der Waals surface area contributed by atoms with Crippen LogP contribution < -0.4 is 9.64 Å². The van der Waals surface area contributed by atoms with Crippen molar-refractivity contribution < 1.29 is 18.3 Å². The number of ether oxygens (including phenoxy) is 1. The van der Waals surface area contributed by atoms with E-state index in [1.54, 1.807) is 24.5 Å². The summed E-state index contributed by atoms with van der Waals surface area (Å²) < 4.78 is 36.5. The molecule has 0 saturated carbocycles. The Kier molecular flexibility index (Phi) is 7.47. The molecule has 5 rings (SSSR count). The maximum Gasteiger partial charge on any atom is 0.243 e. The number of H-pyrrole nitrogens is 1. The number of nitrogens with zero attached hydrogens (tertiary/aromatic N) is 7. The average Bonchev–Trinajstić information content (AvgIpc) is 3.55. The summed E-state index contributed by atoms with van der Waals surface area (Å²) in [4.78, 5) is 12.7. The highest BCUT2D eigenvalue weighted by molar-refractivity contribution is 7.89. The highest BCUT2D eigenvalue weighted by atomic mass is 32.2. The lowest BCUT2D eigenvalue weighted by molar-refractivity contribution is 0.151. The van der Waals surface area contributed by atoms with Gasteiger partial charge >= 0.3 is 0 Å². The van der Waals surface area contributed by atoms with Gasteiger partial charge in [0.2, 0.25) is 10.0 Å². The summed E-state index contributed by atoms with van der Waals surface area (Å²) in [5, 5.41) is 17.5. The monoisotopic (exact) mass is 530 g/mol. The van der Waals surface area contributed by atoms with Gasteiger partial charge in [-0.3, -0.25) is 9.47 Å². The number of unbranched alkanes of at least 4 members (excludes halogenated alkanes) is 1. The van der Waals surface area contributed by atoms with Gasteiger partial charge in [-0.15, -0.1) is 10.2 Å². The summed E-state index contributed by atoms with van der Waals surface area (Å²) >= 11 is 0. The predicted octanol–water partition coefficient (Wildman–Crippen LogP) is 1.61. The highest BCUT2D eigenvalue weighted by Crippen LogP contribution is 2.38. The van der Waals surface area contributed by atoms with Crippen molar-refractivity contribution in [1.82, 2.24) is 33.9 Å². The molecule has 0 spiro atoms. The minimum Gasteiger partial charge on any atom is -0.493 e. The number of aliphatic hydroxyl groups is 1. The quantitative estimate of drug-likeness (QED) is 0.401. The van der Waals surface area contributed by atoms with Crippen molar-refractivity contribution in [2.45, 2.75) is 38.3 Å². The number of piperazine rings is 1. The molecule has 2 aromatic heterocycles. The number of benzene rings is 1. The van der Waals surface area contributed by atoms with E-state index in [4.69, 9.17) is 9.72 Å². The number of hydrogen-bond donors (Lipinski definition) is 2. The number of rotatable bonds is 10. The van der Waals surface area contributed by atoms with Crippen LogP contribution in [0.5, 0.6) is 5.75 Å². The van der Waals surface area contributed by atoms with Crippen molar-refractivity contribution >= 4 is 15.8 Å². The first-order valence-corrected chi connectivity index (χ1v) is 14.2. The Balaban J connectivity index is 1.51. The molecule has 0 radical (unpaired) electrons. The minimum absolute atomic E-state index is 0.0638. The average molecular weight is 531 g/mol. The van der Waals surface area contributed by atoms with Crippen LogP contribution in [0.2, 0.25) is 0 Å². The van der Waals surface area contributed by atoms with Crippen LogP contribution in [0, 0.1) is 0 Å². The van der Waals surface area contributed by atoms with E-state index in [0.717, 1.165) is 30.9 Å². The van der Waals surface area contributed by atoms with E-state index in [2.05, 4.69) is 31.9 Å². The van der Waals surface area contributed by atoms with Gasteiger partial charge < -0.3 is 19.7 Å². The molecule has 1 saturated heterocycles. The van der Waals surface area contributed by atoms with Crippen LogP contribution in [0.25, 0.3) is 22.9 Å². The third-order valence-electron chi connectivity index (χ3n) is 6.82. The van der Waals surface area contributed by atoms with Gasteiger partial charge in [-0.25, -0.2) is 13.4 Å². The molecule has 2 N–H and O–H groups in total. The molecule has 0 amide bonds. The zero-order valence-corrected chi connectivity index (χ0v) is 22.1. The Morgan fingerprint density at radius 1 is 1.14 bits per heavy atom. The topological polar surface area (TPSA) is 133 Å². The molecule has 1 aromatic carbocycles. The lowest BCUT2D eigenvalue weighted by Gasteiger charge is -2.33. The van der Waals surface area contributed by atoms with E-state index in [0.29, 0.717) is 69.0 Å². The molecule has 13 heteroatoms. The van der Waals surface area contributed by atoms with Gasteiger partial charge in [-0.1, -0.05) is 13.3 Å². The number of sulfonamides is 1. The first kappa shape index (κ1) is 25.6. The van der Waals surface area contributed by atoms with Crippen molar-refractivity contribution in [3.05, 3.63) is 24.5 Å². The molecule has 200 valence electrons. The number of hydrogen-bond acceptors (Lipinski definition) is 9. The standard InChI is InChI=1S/C24H34N8O4S/c1-3-5-8-30-17-31-16-25-28-24(31)21-23(30)27-22(26-21)19-15-18(6-7-20(19)36-4-2)37(34,35)32-11-9-29(10-12-32)13-14-33/h6-7,15-16,33H,3-5,8-14,17H2,1-2H3,(H,26,27). The van der Waals surface area contributed by atoms with E-state index < -0.39 is 10.0 Å². The fourth-order valence-corrected chi connectivity index (χ4v) is 6.27. The molecule has 0 atom stereocenters. The maximum atomic E-state index is 13.6. The van der Waals surface area contributed by atoms with Crippen LogP contribution in [0.15, 0.2) is 29.4 Å². The molecular formula is C24H34N8O4S. The van der Waals surface area contributed by atoms with E-state index >= 15 is 0 Å². The fraction of sp³-hybridized carbons (Fsp3) is 0.542. The smallest absolute Gasteiger partial charge is 0.243 e. The van der Waals surface area contributed by atoms with Crippen LogP contribution in [0.4, 0.5) is 5.82 Å². The molecule has 37 heavy (non-hydrogen) atoms. The molecule has 12 nitrogen and oxygen atoms in total. The van der Waals surface area contributed by atoms with Crippen molar-refractivity contribution in [3.8, 4) is 28.7 Å². The zero-order valence-electron chi connectivity index (χ0n) is 21.3. The second kappa shape index (κ2) is 10.8. The number of aliphatic hydroxyl groups excluding tert-OH is 1. The number of nitrogens with one attached hydrogen (secondary N) is 1. The number of aromatic amines is 1. The molecule has 4 heterocycles. The number of β-amino-alcohol motifs (C(OH)–C–C–N with tert-alkyl or cyclic N) is 1. The highest BCUT2D eigenvalue weighted by Gasteiger charge is 2.31. The fourth-order valence-electron chi connectivity index (χ4n) is 4.82. The predicted molar refractivity (Wildman–Crippen MR) is 139 cm³/mol. The van der Waals surface area contributed by atoms with Crippen molar-refractivity contribution in [3.63, 3.8) is 0 Å². The Hall–Kier alpha value is -3.00. The van der Waals surface area contributed by atoms with E-state index in [1.807, 2.05) is 11.5 Å². The molecule has 0 bridgehead atoms. The number of aromatic nitrogens is 5. The van der Waals surface area contributed by atoms with Gasteiger partial charge in [0.05, 0.1) is 30.3 Å². The van der Waals surface area contributed by atoms with Crippen LogP contribution >= 0.6 is 0 Å². The van der Waals surface area contributed by atoms with Crippen molar-refractivity contribution in [1.29, 1.82) is 0 Å². The molecule has 1 fully saturated rings. The number of imidazole rings is 1. The third-order valence-corrected chi connectivity index (χ3v) is 8.71. The Bertz CT molecular complexity index is 1330. The normalized spacial score (nSPS) is 16.6. The Labute approximate surface area is 216 Å². The second-order valence-corrected chi connectivity index (χ2v) is 11.2. The number of fused-ring (bicyclic) bond motifs is 3. The molecule has 0 aliphatic carbocycles. The van der Waals surface area contributed by atoms with E-state index in [1.165, 1.54) is 4.31 Å². The first-order valence-electron chi connectivity index (χ1n) is 12.8. The van der Waals surface area contributed by atoms with Crippen molar-refractivity contribution in [2.24, 2.45) is 0 Å². The van der Waals surface area contributed by atoms with Gasteiger partial charge in [0.15, 0.2) is 11.6 Å². The van der Waals surface area contributed by atoms with Gasteiger partial charge in [0.25, 0.3) is 0 Å². The van der Waals surface area contributed by atoms with Gasteiger partial charge in [-0.2, -0.15) is 4.31 Å². The Morgan fingerprint density at radius 3 is 2.68 bits per heavy atom. The molecule has 3 aromatic rings. The Morgan fingerprint density at radius 2 is 1.95 bits per heavy atom. The second-order valence-electron chi connectivity index (χ2n) is 9.23. The first-order chi connectivity index (χ1) is 18.0. The van der Waals surface area contributed by atoms with Gasteiger partial charge in [0.1, 0.15) is 23.6 Å². The van der Waals surface area contributed by atoms with Gasteiger partial charge in [-0.05, 0) is 31.5 Å². The summed E-state index contributed by atoms with van der Waals surface area (Å²) in [6.45, 7) is 8.45. The SMILES string of the molecule is CCCCN1Cn2cnnc2-c2[nH]c(-c3cc(S(=O)(=O)N4CCN(CCO)CC4)ccc3OCC)nc21. The summed E-state index contributed by atoms with van der Waals surface area (Å²) in [6.07, 6.45) is 3.78. The lowest BCUT2D eigenvalue weighted by atomic mass is 10.2. The molecule has 0 unspecified atom stereocenters. The minimum atomic E-state index is -3.72. The van der Waals surface area contributed by atoms with Gasteiger partial charge in [0, 0.05) is 39.3 Å². The van der Waals surface area contributed by atoms with E-state index in [-0.39, 0.29) is 11.5 Å². The molecular weight excluding hydrogens is 496 g/mol. The summed E-state index contributed by atoms with van der Waals surface area (Å²) in [5.74, 6) is 2.56. The molecule has 2 aliphatic heterocycles. The zero-order chi connectivity index (χ0) is 26.0. The third kappa shape index (κ3) is 4.96. The van der Waals surface area contributed by atoms with Crippen LogP contribution in [-0.4, -0.2) is 99.9 Å². The number of anilines is 1. The largest absolute Gasteiger partial charge is 0.493 e. The van der Waals surface area contributed by atoms with Crippen molar-refractivity contribution in [2.75, 3.05) is 57.4 Å². The summed E-state index contributed by atoms with van der Waals surface area (Å²) in [7, 11) is -3.72. The lowest BCUT2D eigenvalue weighted by Crippen LogP contribution is -2.49. The van der Waals surface area contributed by atoms with E-state index in [9.17, 15) is 13.5 Å². The maximum absolute atomic E-state index is 13.6. The summed E-state index contributed by atoms with van der Waals surface area (Å²) in [6, 6.07) is 4.94. The summed E-state index contributed by atoms with van der Waals surface area (Å²) in [5.41, 5.74) is 1.34.